The number of para-hydroxylation sites is 1. The minimum absolute atomic E-state index is 0.282. The van der Waals surface area contributed by atoms with Crippen LogP contribution in [-0.4, -0.2) is 43.7 Å². The summed E-state index contributed by atoms with van der Waals surface area (Å²) in [4.78, 5) is 2.44. The van der Waals surface area contributed by atoms with Crippen LogP contribution in [0.25, 0.3) is 0 Å². The molecule has 1 fully saturated rings. The molecule has 3 nitrogen and oxygen atoms in total. The third-order valence-corrected chi connectivity index (χ3v) is 3.97. The number of rotatable bonds is 9. The van der Waals surface area contributed by atoms with Crippen molar-refractivity contribution in [3.8, 4) is 5.75 Å². The zero-order chi connectivity index (χ0) is 14.9. The van der Waals surface area contributed by atoms with Crippen molar-refractivity contribution in [1.29, 1.82) is 0 Å². The molecule has 1 aliphatic rings. The first kappa shape index (κ1) is 16.2. The van der Waals surface area contributed by atoms with Crippen LogP contribution >= 0.6 is 0 Å². The summed E-state index contributed by atoms with van der Waals surface area (Å²) in [7, 11) is 0. The number of nitrogens with zero attached hydrogens (tertiary/aromatic N) is 1. The highest BCUT2D eigenvalue weighted by Crippen LogP contribution is 2.15. The van der Waals surface area contributed by atoms with Crippen LogP contribution in [-0.2, 0) is 0 Å². The molecule has 1 saturated heterocycles. The normalized spacial score (nSPS) is 18.3. The second-order valence-corrected chi connectivity index (χ2v) is 5.73. The molecule has 1 aromatic rings. The van der Waals surface area contributed by atoms with Crippen LogP contribution in [0.15, 0.2) is 24.3 Å². The number of halogens is 1. The molecule has 1 unspecified atom stereocenters. The summed E-state index contributed by atoms with van der Waals surface area (Å²) in [6.07, 6.45) is 4.93. The van der Waals surface area contributed by atoms with Gasteiger partial charge in [-0.25, -0.2) is 4.39 Å². The van der Waals surface area contributed by atoms with Crippen LogP contribution in [0.1, 0.15) is 32.6 Å². The Morgan fingerprint density at radius 2 is 2.19 bits per heavy atom. The van der Waals surface area contributed by atoms with Gasteiger partial charge in [-0.15, -0.1) is 0 Å². The lowest BCUT2D eigenvalue weighted by Gasteiger charge is -2.25. The zero-order valence-electron chi connectivity index (χ0n) is 13.0. The molecule has 0 radical (unpaired) electrons. The molecule has 1 atom stereocenters. The molecule has 0 aromatic heterocycles. The molecule has 0 saturated carbocycles. The summed E-state index contributed by atoms with van der Waals surface area (Å²) in [5, 5.41) is 3.54. The molecule has 0 spiro atoms. The van der Waals surface area contributed by atoms with Crippen LogP contribution < -0.4 is 10.1 Å². The van der Waals surface area contributed by atoms with Crippen molar-refractivity contribution in [3.05, 3.63) is 30.1 Å². The van der Waals surface area contributed by atoms with E-state index in [0.29, 0.717) is 18.4 Å². The first-order valence-electron chi connectivity index (χ1n) is 8.12. The summed E-state index contributed by atoms with van der Waals surface area (Å²) in [6.45, 7) is 6.90. The van der Waals surface area contributed by atoms with Gasteiger partial charge in [0.1, 0.15) is 6.61 Å². The quantitative estimate of drug-likeness (QED) is 0.757. The van der Waals surface area contributed by atoms with Gasteiger partial charge < -0.3 is 10.1 Å². The average molecular weight is 294 g/mol. The molecule has 21 heavy (non-hydrogen) atoms. The Labute approximate surface area is 127 Å². The number of hydrogen-bond donors (Lipinski definition) is 1. The molecule has 4 heteroatoms. The molecular weight excluding hydrogens is 267 g/mol. The van der Waals surface area contributed by atoms with Gasteiger partial charge in [-0.1, -0.05) is 25.5 Å². The molecule has 2 rings (SSSR count). The van der Waals surface area contributed by atoms with E-state index in [1.54, 1.807) is 18.2 Å². The fourth-order valence-electron chi connectivity index (χ4n) is 2.75. The first-order valence-corrected chi connectivity index (χ1v) is 8.12. The lowest BCUT2D eigenvalue weighted by molar-refractivity contribution is 0.190. The van der Waals surface area contributed by atoms with E-state index in [2.05, 4.69) is 17.1 Å². The summed E-state index contributed by atoms with van der Waals surface area (Å²) < 4.78 is 19.1. The highest BCUT2D eigenvalue weighted by atomic mass is 19.1. The van der Waals surface area contributed by atoms with Gasteiger partial charge in [0.05, 0.1) is 0 Å². The Hall–Kier alpha value is -1.13. The van der Waals surface area contributed by atoms with Crippen LogP contribution in [0.2, 0.25) is 0 Å². The largest absolute Gasteiger partial charge is 0.489 e. The predicted molar refractivity (Wildman–Crippen MR) is 84.3 cm³/mol. The maximum atomic E-state index is 13.5. The van der Waals surface area contributed by atoms with Crippen LogP contribution in [0.3, 0.4) is 0 Å². The van der Waals surface area contributed by atoms with Gasteiger partial charge in [-0.2, -0.15) is 0 Å². The minimum Gasteiger partial charge on any atom is -0.489 e. The fourth-order valence-corrected chi connectivity index (χ4v) is 2.75. The van der Waals surface area contributed by atoms with Crippen molar-refractivity contribution in [1.82, 2.24) is 10.2 Å². The molecule has 0 amide bonds. The number of unbranched alkanes of at least 4 members (excludes halogenated alkanes) is 1. The second-order valence-electron chi connectivity index (χ2n) is 5.73. The molecule has 1 heterocycles. The van der Waals surface area contributed by atoms with Crippen LogP contribution in [0, 0.1) is 5.82 Å². The van der Waals surface area contributed by atoms with E-state index in [1.807, 2.05) is 0 Å². The third kappa shape index (κ3) is 5.64. The fraction of sp³-hybridized carbons (Fsp3) is 0.647. The lowest BCUT2D eigenvalue weighted by atomic mass is 10.2. The topological polar surface area (TPSA) is 24.5 Å². The van der Waals surface area contributed by atoms with Gasteiger partial charge in [-0.05, 0) is 44.5 Å². The van der Waals surface area contributed by atoms with Gasteiger partial charge in [0.2, 0.25) is 0 Å². The summed E-state index contributed by atoms with van der Waals surface area (Å²) in [5.74, 6) is 0.0713. The van der Waals surface area contributed by atoms with Crippen LogP contribution in [0.4, 0.5) is 4.39 Å². The van der Waals surface area contributed by atoms with E-state index in [0.717, 1.165) is 26.2 Å². The minimum atomic E-state index is -0.282. The van der Waals surface area contributed by atoms with Crippen molar-refractivity contribution >= 4 is 0 Å². The Morgan fingerprint density at radius 3 is 2.90 bits per heavy atom. The molecule has 0 aliphatic carbocycles. The molecule has 1 N–H and O–H groups in total. The monoisotopic (exact) mass is 294 g/mol. The van der Waals surface area contributed by atoms with Crippen LogP contribution in [0.5, 0.6) is 5.75 Å². The number of nitrogens with one attached hydrogen (secondary N) is 1. The average Bonchev–Trinajstić information content (AvgIpc) is 2.99. The third-order valence-electron chi connectivity index (χ3n) is 3.97. The smallest absolute Gasteiger partial charge is 0.165 e. The maximum absolute atomic E-state index is 13.5. The molecule has 118 valence electrons. The standard InChI is InChI=1S/C17H27FN2O/c1-2-3-11-20(14-15-7-6-10-19-15)12-13-21-17-9-5-4-8-16(17)18/h4-5,8-9,15,19H,2-3,6-7,10-14H2,1H3. The second kappa shape index (κ2) is 9.00. The molecule has 0 bridgehead atoms. The van der Waals surface area contributed by atoms with E-state index in [1.165, 1.54) is 31.7 Å². The van der Waals surface area contributed by atoms with Gasteiger partial charge in [-0.3, -0.25) is 4.90 Å². The van der Waals surface area contributed by atoms with Crippen molar-refractivity contribution in [2.24, 2.45) is 0 Å². The SMILES string of the molecule is CCCCN(CCOc1ccccc1F)CC1CCCN1. The highest BCUT2D eigenvalue weighted by Gasteiger charge is 2.17. The lowest BCUT2D eigenvalue weighted by Crippen LogP contribution is -2.40. The van der Waals surface area contributed by atoms with Crippen molar-refractivity contribution in [3.63, 3.8) is 0 Å². The maximum Gasteiger partial charge on any atom is 0.165 e. The van der Waals surface area contributed by atoms with Gasteiger partial charge in [0, 0.05) is 19.1 Å². The predicted octanol–water partition coefficient (Wildman–Crippen LogP) is 3.06. The van der Waals surface area contributed by atoms with E-state index in [-0.39, 0.29) is 5.82 Å². The number of hydrogen-bond acceptors (Lipinski definition) is 3. The van der Waals surface area contributed by atoms with Gasteiger partial charge in [0.15, 0.2) is 11.6 Å². The van der Waals surface area contributed by atoms with Crippen molar-refractivity contribution in [2.45, 2.75) is 38.6 Å². The number of benzene rings is 1. The summed E-state index contributed by atoms with van der Waals surface area (Å²) in [6, 6.07) is 7.21. The first-order chi connectivity index (χ1) is 10.3. The van der Waals surface area contributed by atoms with Crippen molar-refractivity contribution in [2.75, 3.05) is 32.8 Å². The summed E-state index contributed by atoms with van der Waals surface area (Å²) >= 11 is 0. The van der Waals surface area contributed by atoms with Gasteiger partial charge >= 0.3 is 0 Å². The Bertz CT molecular complexity index is 408. The molecular formula is C17H27FN2O. The Balaban J connectivity index is 1.76. The molecule has 1 aliphatic heterocycles. The van der Waals surface area contributed by atoms with Gasteiger partial charge in [0.25, 0.3) is 0 Å². The van der Waals surface area contributed by atoms with E-state index in [9.17, 15) is 4.39 Å². The number of ether oxygens (including phenoxy) is 1. The Kier molecular flexibility index (Phi) is 6.96. The van der Waals surface area contributed by atoms with E-state index in [4.69, 9.17) is 4.74 Å². The highest BCUT2D eigenvalue weighted by molar-refractivity contribution is 5.23. The van der Waals surface area contributed by atoms with Crippen molar-refractivity contribution < 1.29 is 9.13 Å². The van der Waals surface area contributed by atoms with E-state index >= 15 is 0 Å². The van der Waals surface area contributed by atoms with E-state index < -0.39 is 0 Å². The summed E-state index contributed by atoms with van der Waals surface area (Å²) in [5.41, 5.74) is 0. The zero-order valence-corrected chi connectivity index (χ0v) is 13.0. The molecule has 1 aromatic carbocycles. The Morgan fingerprint density at radius 1 is 1.33 bits per heavy atom.